The number of aryl methyl sites for hydroxylation is 2. The van der Waals surface area contributed by atoms with Crippen LogP contribution < -0.4 is 4.74 Å². The summed E-state index contributed by atoms with van der Waals surface area (Å²) in [5.41, 5.74) is 3.74. The second-order valence-corrected chi connectivity index (χ2v) is 4.24. The van der Waals surface area contributed by atoms with Gasteiger partial charge in [0.2, 0.25) is 0 Å². The second-order valence-electron chi connectivity index (χ2n) is 4.24. The van der Waals surface area contributed by atoms with Crippen LogP contribution in [0.15, 0.2) is 30.7 Å². The summed E-state index contributed by atoms with van der Waals surface area (Å²) in [6.07, 6.45) is 5.92. The molecule has 0 radical (unpaired) electrons. The van der Waals surface area contributed by atoms with E-state index < -0.39 is 0 Å². The second kappa shape index (κ2) is 3.87. The molecule has 3 rings (SSSR count). The van der Waals surface area contributed by atoms with E-state index in [4.69, 9.17) is 4.74 Å². The molecular weight excluding hydrogens is 228 g/mol. The fourth-order valence-electron chi connectivity index (χ4n) is 2.13. The first-order chi connectivity index (χ1) is 8.69. The fraction of sp³-hybridized carbons (Fsp3) is 0.231. The van der Waals surface area contributed by atoms with Crippen LogP contribution in [0.3, 0.4) is 0 Å². The molecule has 3 aromatic rings. The van der Waals surface area contributed by atoms with Crippen molar-refractivity contribution in [2.45, 2.75) is 6.92 Å². The van der Waals surface area contributed by atoms with Crippen molar-refractivity contribution in [3.05, 3.63) is 36.4 Å². The molecule has 0 aliphatic rings. The van der Waals surface area contributed by atoms with Gasteiger partial charge < -0.3 is 9.14 Å². The number of methoxy groups -OCH3 is 1. The van der Waals surface area contributed by atoms with Gasteiger partial charge in [-0.25, -0.2) is 4.98 Å². The highest BCUT2D eigenvalue weighted by Crippen LogP contribution is 2.25. The highest BCUT2D eigenvalue weighted by atomic mass is 16.5. The number of hydrogen-bond acceptors (Lipinski definition) is 3. The minimum absolute atomic E-state index is 0.769. The van der Waals surface area contributed by atoms with Gasteiger partial charge in [0.15, 0.2) is 11.4 Å². The zero-order valence-corrected chi connectivity index (χ0v) is 10.6. The normalized spacial score (nSPS) is 11.1. The summed E-state index contributed by atoms with van der Waals surface area (Å²) in [7, 11) is 3.56. The molecule has 0 spiro atoms. The van der Waals surface area contributed by atoms with Gasteiger partial charge in [0.05, 0.1) is 18.5 Å². The summed E-state index contributed by atoms with van der Waals surface area (Å²) in [5.74, 6) is 0.769. The predicted octanol–water partition coefficient (Wildman–Crippen LogP) is 2.05. The first-order valence-corrected chi connectivity index (χ1v) is 5.71. The first kappa shape index (κ1) is 10.8. The molecule has 0 saturated carbocycles. The molecule has 5 nitrogen and oxygen atoms in total. The lowest BCUT2D eigenvalue weighted by Crippen LogP contribution is -1.88. The van der Waals surface area contributed by atoms with Crippen molar-refractivity contribution >= 4 is 5.65 Å². The van der Waals surface area contributed by atoms with E-state index >= 15 is 0 Å². The van der Waals surface area contributed by atoms with Crippen LogP contribution in [-0.2, 0) is 7.05 Å². The maximum Gasteiger partial charge on any atom is 0.180 e. The van der Waals surface area contributed by atoms with Gasteiger partial charge in [-0.2, -0.15) is 5.10 Å². The average molecular weight is 242 g/mol. The number of pyridine rings is 1. The fourth-order valence-corrected chi connectivity index (χ4v) is 2.13. The molecule has 0 aliphatic carbocycles. The Labute approximate surface area is 105 Å². The first-order valence-electron chi connectivity index (χ1n) is 5.71. The number of imidazole rings is 1. The van der Waals surface area contributed by atoms with Gasteiger partial charge in [-0.1, -0.05) is 0 Å². The summed E-state index contributed by atoms with van der Waals surface area (Å²) in [5, 5.41) is 4.34. The Kier molecular flexibility index (Phi) is 2.33. The van der Waals surface area contributed by atoms with E-state index in [1.807, 2.05) is 49.1 Å². The summed E-state index contributed by atoms with van der Waals surface area (Å²) < 4.78 is 9.06. The molecule has 0 aromatic carbocycles. The monoisotopic (exact) mass is 242 g/mol. The Morgan fingerprint density at radius 2 is 2.11 bits per heavy atom. The highest BCUT2D eigenvalue weighted by Gasteiger charge is 2.12. The Bertz CT molecular complexity index is 711. The molecule has 3 aromatic heterocycles. The lowest BCUT2D eigenvalue weighted by molar-refractivity contribution is 0.417. The zero-order valence-electron chi connectivity index (χ0n) is 10.6. The number of fused-ring (bicyclic) bond motifs is 1. The number of hydrogen-bond donors (Lipinski definition) is 0. The van der Waals surface area contributed by atoms with Gasteiger partial charge in [-0.05, 0) is 19.1 Å². The molecule has 0 saturated heterocycles. The quantitative estimate of drug-likeness (QED) is 0.691. The van der Waals surface area contributed by atoms with Crippen LogP contribution >= 0.6 is 0 Å². The third kappa shape index (κ3) is 1.55. The van der Waals surface area contributed by atoms with Gasteiger partial charge >= 0.3 is 0 Å². The topological polar surface area (TPSA) is 44.4 Å². The molecule has 0 bridgehead atoms. The molecule has 0 fully saturated rings. The SMILES string of the molecule is COc1cccn2cc(-c3cn(C)nc3C)nc12. The van der Waals surface area contributed by atoms with Crippen molar-refractivity contribution in [3.8, 4) is 17.0 Å². The Hall–Kier alpha value is -2.30. The molecule has 5 heteroatoms. The minimum atomic E-state index is 0.769. The van der Waals surface area contributed by atoms with E-state index in [0.717, 1.165) is 28.3 Å². The number of aromatic nitrogens is 4. The van der Waals surface area contributed by atoms with Crippen LogP contribution in [0, 0.1) is 6.92 Å². The Morgan fingerprint density at radius 3 is 2.78 bits per heavy atom. The maximum atomic E-state index is 5.31. The van der Waals surface area contributed by atoms with E-state index in [9.17, 15) is 0 Å². The van der Waals surface area contributed by atoms with Gasteiger partial charge in [0, 0.05) is 31.2 Å². The largest absolute Gasteiger partial charge is 0.493 e. The van der Waals surface area contributed by atoms with Crippen molar-refractivity contribution in [3.63, 3.8) is 0 Å². The smallest absolute Gasteiger partial charge is 0.180 e. The van der Waals surface area contributed by atoms with Crippen LogP contribution in [-0.4, -0.2) is 26.3 Å². The van der Waals surface area contributed by atoms with Crippen molar-refractivity contribution in [1.29, 1.82) is 0 Å². The predicted molar refractivity (Wildman–Crippen MR) is 68.7 cm³/mol. The Morgan fingerprint density at radius 1 is 1.28 bits per heavy atom. The molecular formula is C13H14N4O. The van der Waals surface area contributed by atoms with E-state index in [1.165, 1.54) is 0 Å². The lowest BCUT2D eigenvalue weighted by atomic mass is 10.2. The van der Waals surface area contributed by atoms with Crippen LogP contribution in [0.4, 0.5) is 0 Å². The van der Waals surface area contributed by atoms with E-state index in [-0.39, 0.29) is 0 Å². The summed E-state index contributed by atoms with van der Waals surface area (Å²) >= 11 is 0. The molecule has 0 amide bonds. The van der Waals surface area contributed by atoms with E-state index in [2.05, 4.69) is 10.1 Å². The van der Waals surface area contributed by atoms with E-state index in [1.54, 1.807) is 11.8 Å². The van der Waals surface area contributed by atoms with Gasteiger partial charge in [-0.15, -0.1) is 0 Å². The number of nitrogens with zero attached hydrogens (tertiary/aromatic N) is 4. The standard InChI is InChI=1S/C13H14N4O/c1-9-10(7-16(2)15-9)11-8-17-6-4-5-12(18-3)13(17)14-11/h4-8H,1-3H3. The highest BCUT2D eigenvalue weighted by molar-refractivity contribution is 5.67. The molecule has 0 N–H and O–H groups in total. The number of rotatable bonds is 2. The van der Waals surface area contributed by atoms with Crippen molar-refractivity contribution < 1.29 is 4.74 Å². The number of ether oxygens (including phenoxy) is 1. The molecule has 18 heavy (non-hydrogen) atoms. The van der Waals surface area contributed by atoms with Gasteiger partial charge in [0.25, 0.3) is 0 Å². The van der Waals surface area contributed by atoms with Crippen molar-refractivity contribution in [1.82, 2.24) is 19.2 Å². The maximum absolute atomic E-state index is 5.31. The summed E-state index contributed by atoms with van der Waals surface area (Å²) in [4.78, 5) is 4.61. The van der Waals surface area contributed by atoms with Crippen LogP contribution in [0.5, 0.6) is 5.75 Å². The summed E-state index contributed by atoms with van der Waals surface area (Å²) in [6.45, 7) is 1.98. The van der Waals surface area contributed by atoms with Gasteiger partial charge in [-0.3, -0.25) is 4.68 Å². The molecule has 0 unspecified atom stereocenters. The van der Waals surface area contributed by atoms with Crippen molar-refractivity contribution in [2.24, 2.45) is 7.05 Å². The molecule has 3 heterocycles. The molecule has 92 valence electrons. The summed E-state index contributed by atoms with van der Waals surface area (Å²) in [6, 6.07) is 3.84. The lowest BCUT2D eigenvalue weighted by Gasteiger charge is -1.99. The molecule has 0 atom stereocenters. The molecule has 0 aliphatic heterocycles. The van der Waals surface area contributed by atoms with Crippen LogP contribution in [0.2, 0.25) is 0 Å². The van der Waals surface area contributed by atoms with Crippen LogP contribution in [0.25, 0.3) is 16.9 Å². The van der Waals surface area contributed by atoms with Gasteiger partial charge in [0.1, 0.15) is 0 Å². The van der Waals surface area contributed by atoms with Crippen molar-refractivity contribution in [2.75, 3.05) is 7.11 Å². The third-order valence-corrected chi connectivity index (χ3v) is 2.96. The average Bonchev–Trinajstić information content (AvgIpc) is 2.91. The van der Waals surface area contributed by atoms with E-state index in [0.29, 0.717) is 0 Å². The minimum Gasteiger partial charge on any atom is -0.493 e. The Balaban J connectivity index is 2.22. The van der Waals surface area contributed by atoms with Crippen LogP contribution in [0.1, 0.15) is 5.69 Å². The third-order valence-electron chi connectivity index (χ3n) is 2.96. The zero-order chi connectivity index (χ0) is 12.7.